The summed E-state index contributed by atoms with van der Waals surface area (Å²) < 4.78 is 0. The smallest absolute Gasteiger partial charge is 0.0969 e. The van der Waals surface area contributed by atoms with E-state index < -0.39 is 12.2 Å². The molecule has 3 rings (SSSR count). The van der Waals surface area contributed by atoms with Crippen molar-refractivity contribution in [2.45, 2.75) is 31.2 Å². The first-order valence-corrected chi connectivity index (χ1v) is 7.42. The first-order valence-electron chi connectivity index (χ1n) is 7.42. The van der Waals surface area contributed by atoms with Gasteiger partial charge in [-0.25, -0.2) is 0 Å². The van der Waals surface area contributed by atoms with Gasteiger partial charge in [0.2, 0.25) is 0 Å². The summed E-state index contributed by atoms with van der Waals surface area (Å²) in [6.45, 7) is 1.28. The van der Waals surface area contributed by atoms with Crippen molar-refractivity contribution in [3.8, 4) is 0 Å². The molecule has 2 aromatic carbocycles. The van der Waals surface area contributed by atoms with Crippen LogP contribution in [0.15, 0.2) is 60.7 Å². The lowest BCUT2D eigenvalue weighted by Gasteiger charge is -2.26. The normalized spacial score (nSPS) is 26.1. The summed E-state index contributed by atoms with van der Waals surface area (Å²) in [5.41, 5.74) is 2.39. The van der Waals surface area contributed by atoms with E-state index in [1.807, 2.05) is 36.4 Å². The third-order valence-electron chi connectivity index (χ3n) is 4.20. The van der Waals surface area contributed by atoms with Gasteiger partial charge in [-0.15, -0.1) is 0 Å². The van der Waals surface area contributed by atoms with E-state index in [4.69, 9.17) is 0 Å². The average molecular weight is 283 g/mol. The predicted octanol–water partition coefficient (Wildman–Crippen LogP) is 1.84. The zero-order valence-corrected chi connectivity index (χ0v) is 12.0. The molecule has 1 fully saturated rings. The second-order valence-electron chi connectivity index (χ2n) is 5.73. The van der Waals surface area contributed by atoms with Crippen molar-refractivity contribution in [2.75, 3.05) is 6.54 Å². The molecule has 0 aliphatic carbocycles. The second-order valence-corrected chi connectivity index (χ2v) is 5.73. The summed E-state index contributed by atoms with van der Waals surface area (Å²) in [6, 6.07) is 20.3. The SMILES string of the molecule is O[C@@H]1[C@@H](O)CN(Cc2ccccc2)[C@H]1Cc1ccccc1. The Morgan fingerprint density at radius 1 is 0.857 bits per heavy atom. The van der Waals surface area contributed by atoms with Gasteiger partial charge in [-0.05, 0) is 17.5 Å². The molecule has 0 spiro atoms. The predicted molar refractivity (Wildman–Crippen MR) is 82.8 cm³/mol. The Morgan fingerprint density at radius 3 is 2.05 bits per heavy atom. The summed E-state index contributed by atoms with van der Waals surface area (Å²) in [4.78, 5) is 2.18. The van der Waals surface area contributed by atoms with Gasteiger partial charge in [0.15, 0.2) is 0 Å². The molecular weight excluding hydrogens is 262 g/mol. The van der Waals surface area contributed by atoms with Crippen LogP contribution in [0.3, 0.4) is 0 Å². The van der Waals surface area contributed by atoms with Crippen molar-refractivity contribution < 1.29 is 10.2 Å². The molecule has 2 aromatic rings. The minimum atomic E-state index is -0.686. The molecule has 110 valence electrons. The molecule has 0 aromatic heterocycles. The van der Waals surface area contributed by atoms with Crippen molar-refractivity contribution in [1.82, 2.24) is 4.90 Å². The first-order chi connectivity index (χ1) is 10.2. The molecule has 0 bridgehead atoms. The number of aliphatic hydroxyl groups excluding tert-OH is 2. The number of aliphatic hydroxyl groups is 2. The third-order valence-corrected chi connectivity index (χ3v) is 4.20. The molecule has 3 atom stereocenters. The number of hydrogen-bond donors (Lipinski definition) is 2. The van der Waals surface area contributed by atoms with Crippen LogP contribution < -0.4 is 0 Å². The maximum absolute atomic E-state index is 10.3. The van der Waals surface area contributed by atoms with Gasteiger partial charge < -0.3 is 10.2 Å². The molecule has 1 aliphatic rings. The van der Waals surface area contributed by atoms with E-state index >= 15 is 0 Å². The Morgan fingerprint density at radius 2 is 1.43 bits per heavy atom. The van der Waals surface area contributed by atoms with E-state index in [2.05, 4.69) is 29.2 Å². The lowest BCUT2D eigenvalue weighted by Crippen LogP contribution is -2.37. The van der Waals surface area contributed by atoms with Crippen LogP contribution in [0.2, 0.25) is 0 Å². The fourth-order valence-corrected chi connectivity index (χ4v) is 3.06. The van der Waals surface area contributed by atoms with E-state index in [0.29, 0.717) is 6.54 Å². The summed E-state index contributed by atoms with van der Waals surface area (Å²) >= 11 is 0. The summed E-state index contributed by atoms with van der Waals surface area (Å²) in [7, 11) is 0. The molecule has 3 heteroatoms. The van der Waals surface area contributed by atoms with Gasteiger partial charge in [-0.1, -0.05) is 60.7 Å². The Labute approximate surface area is 125 Å². The second kappa shape index (κ2) is 6.39. The molecule has 0 amide bonds. The minimum Gasteiger partial charge on any atom is -0.389 e. The quantitative estimate of drug-likeness (QED) is 0.900. The molecule has 0 radical (unpaired) electrons. The van der Waals surface area contributed by atoms with Crippen LogP contribution in [0.5, 0.6) is 0 Å². The largest absolute Gasteiger partial charge is 0.389 e. The fraction of sp³-hybridized carbons (Fsp3) is 0.333. The topological polar surface area (TPSA) is 43.7 Å². The number of likely N-dealkylation sites (tertiary alicyclic amines) is 1. The highest BCUT2D eigenvalue weighted by atomic mass is 16.3. The molecule has 2 N–H and O–H groups in total. The number of benzene rings is 2. The highest BCUT2D eigenvalue weighted by Gasteiger charge is 2.39. The van der Waals surface area contributed by atoms with E-state index in [1.165, 1.54) is 11.1 Å². The van der Waals surface area contributed by atoms with Crippen molar-refractivity contribution in [3.63, 3.8) is 0 Å². The van der Waals surface area contributed by atoms with Crippen molar-refractivity contribution >= 4 is 0 Å². The minimum absolute atomic E-state index is 0.0393. The summed E-state index contributed by atoms with van der Waals surface area (Å²) in [5, 5.41) is 20.3. The number of nitrogens with zero attached hydrogens (tertiary/aromatic N) is 1. The van der Waals surface area contributed by atoms with Crippen molar-refractivity contribution in [2.24, 2.45) is 0 Å². The zero-order valence-electron chi connectivity index (χ0n) is 12.0. The number of hydrogen-bond acceptors (Lipinski definition) is 3. The Kier molecular flexibility index (Phi) is 4.34. The zero-order chi connectivity index (χ0) is 14.7. The van der Waals surface area contributed by atoms with E-state index in [-0.39, 0.29) is 6.04 Å². The molecule has 0 saturated carbocycles. The van der Waals surface area contributed by atoms with Gasteiger partial charge in [0.05, 0.1) is 12.2 Å². The average Bonchev–Trinajstić information content (AvgIpc) is 2.77. The van der Waals surface area contributed by atoms with E-state index in [0.717, 1.165) is 13.0 Å². The van der Waals surface area contributed by atoms with Gasteiger partial charge in [-0.2, -0.15) is 0 Å². The highest BCUT2D eigenvalue weighted by Crippen LogP contribution is 2.24. The molecular formula is C18H21NO2. The van der Waals surface area contributed by atoms with Crippen LogP contribution in [-0.4, -0.2) is 39.9 Å². The standard InChI is InChI=1S/C18H21NO2/c20-17-13-19(12-15-9-5-2-6-10-15)16(18(17)21)11-14-7-3-1-4-8-14/h1-10,16-18,20-21H,11-13H2/t16-,17-,18-/m0/s1. The summed E-state index contributed by atoms with van der Waals surface area (Å²) in [6.07, 6.45) is -0.595. The summed E-state index contributed by atoms with van der Waals surface area (Å²) in [5.74, 6) is 0. The van der Waals surface area contributed by atoms with Gasteiger partial charge in [-0.3, -0.25) is 4.90 Å². The van der Waals surface area contributed by atoms with Crippen molar-refractivity contribution in [1.29, 1.82) is 0 Å². The Balaban J connectivity index is 1.75. The van der Waals surface area contributed by atoms with Crippen molar-refractivity contribution in [3.05, 3.63) is 71.8 Å². The monoisotopic (exact) mass is 283 g/mol. The highest BCUT2D eigenvalue weighted by molar-refractivity contribution is 5.19. The molecule has 1 heterocycles. The van der Waals surface area contributed by atoms with E-state index in [1.54, 1.807) is 0 Å². The lowest BCUT2D eigenvalue weighted by molar-refractivity contribution is 0.0374. The van der Waals surface area contributed by atoms with Crippen LogP contribution in [0.25, 0.3) is 0 Å². The van der Waals surface area contributed by atoms with Gasteiger partial charge in [0, 0.05) is 19.1 Å². The van der Waals surface area contributed by atoms with Crippen LogP contribution in [-0.2, 0) is 13.0 Å². The van der Waals surface area contributed by atoms with Gasteiger partial charge >= 0.3 is 0 Å². The molecule has 21 heavy (non-hydrogen) atoms. The van der Waals surface area contributed by atoms with Crippen LogP contribution in [0.4, 0.5) is 0 Å². The first kappa shape index (κ1) is 14.3. The molecule has 3 nitrogen and oxygen atoms in total. The molecule has 0 unspecified atom stereocenters. The fourth-order valence-electron chi connectivity index (χ4n) is 3.06. The maximum Gasteiger partial charge on any atom is 0.0969 e. The van der Waals surface area contributed by atoms with Crippen LogP contribution in [0, 0.1) is 0 Å². The van der Waals surface area contributed by atoms with Crippen LogP contribution >= 0.6 is 0 Å². The maximum atomic E-state index is 10.3. The number of β-amino-alcohol motifs (C(OH)–C–C–N with tert-alkyl or cyclic N) is 1. The Hall–Kier alpha value is -1.68. The number of rotatable bonds is 4. The van der Waals surface area contributed by atoms with E-state index in [9.17, 15) is 10.2 Å². The van der Waals surface area contributed by atoms with Gasteiger partial charge in [0.25, 0.3) is 0 Å². The molecule has 1 saturated heterocycles. The van der Waals surface area contributed by atoms with Gasteiger partial charge in [0.1, 0.15) is 0 Å². The molecule has 1 aliphatic heterocycles. The van der Waals surface area contributed by atoms with Crippen LogP contribution in [0.1, 0.15) is 11.1 Å². The Bertz CT molecular complexity index is 558. The third kappa shape index (κ3) is 3.32. The lowest BCUT2D eigenvalue weighted by atomic mass is 10.0.